The van der Waals surface area contributed by atoms with Crippen LogP contribution in [0.4, 0.5) is 14.9 Å². The van der Waals surface area contributed by atoms with E-state index in [2.05, 4.69) is 10.6 Å². The Morgan fingerprint density at radius 2 is 2.12 bits per heavy atom. The minimum absolute atomic E-state index is 0.160. The molecule has 1 aliphatic heterocycles. The summed E-state index contributed by atoms with van der Waals surface area (Å²) in [7, 11) is 0. The molecular formula is C16H19FN2O6. The van der Waals surface area contributed by atoms with Crippen molar-refractivity contribution < 1.29 is 33.4 Å². The van der Waals surface area contributed by atoms with Crippen molar-refractivity contribution in [2.24, 2.45) is 0 Å². The standard InChI is InChI=1S/C16H19FN2O6/c1-16(2,3)25-15(23)19-10(14(21)22)7-11-13(20)18-9-6-4-5-8(17)12(9)24-11/h4-6,10-11H,7H2,1-3H3,(H,18,20)(H,19,23)(H,21,22)/t10?,11-/m0/s1. The number of para-hydroxylation sites is 1. The molecule has 0 aromatic heterocycles. The molecule has 2 rings (SSSR count). The molecule has 1 heterocycles. The monoisotopic (exact) mass is 354 g/mol. The molecular weight excluding hydrogens is 335 g/mol. The first-order valence-corrected chi connectivity index (χ1v) is 7.55. The zero-order valence-corrected chi connectivity index (χ0v) is 14.0. The molecule has 0 saturated carbocycles. The minimum atomic E-state index is -1.45. The van der Waals surface area contributed by atoms with Crippen molar-refractivity contribution in [3.63, 3.8) is 0 Å². The Balaban J connectivity index is 2.09. The van der Waals surface area contributed by atoms with Gasteiger partial charge in [-0.25, -0.2) is 14.0 Å². The van der Waals surface area contributed by atoms with Crippen LogP contribution in [0.1, 0.15) is 27.2 Å². The van der Waals surface area contributed by atoms with Crippen LogP contribution < -0.4 is 15.4 Å². The largest absolute Gasteiger partial charge is 0.480 e. The second kappa shape index (κ2) is 6.96. The van der Waals surface area contributed by atoms with Crippen LogP contribution in [0.5, 0.6) is 5.75 Å². The van der Waals surface area contributed by atoms with Gasteiger partial charge in [-0.2, -0.15) is 0 Å². The fourth-order valence-corrected chi connectivity index (χ4v) is 2.18. The van der Waals surface area contributed by atoms with E-state index in [1.165, 1.54) is 12.1 Å². The number of hydrogen-bond acceptors (Lipinski definition) is 5. The lowest BCUT2D eigenvalue weighted by molar-refractivity contribution is -0.140. The van der Waals surface area contributed by atoms with Gasteiger partial charge in [-0.15, -0.1) is 0 Å². The zero-order valence-electron chi connectivity index (χ0n) is 14.0. The Morgan fingerprint density at radius 3 is 2.72 bits per heavy atom. The fourth-order valence-electron chi connectivity index (χ4n) is 2.18. The lowest BCUT2D eigenvalue weighted by Gasteiger charge is -2.28. The number of aliphatic carboxylic acids is 1. The Labute approximate surface area is 143 Å². The van der Waals surface area contributed by atoms with Crippen LogP contribution in [0.2, 0.25) is 0 Å². The minimum Gasteiger partial charge on any atom is -0.480 e. The number of carbonyl (C=O) groups excluding carboxylic acids is 2. The van der Waals surface area contributed by atoms with Gasteiger partial charge in [0.2, 0.25) is 0 Å². The number of fused-ring (bicyclic) bond motifs is 1. The zero-order chi connectivity index (χ0) is 18.8. The van der Waals surface area contributed by atoms with Gasteiger partial charge in [0, 0.05) is 6.42 Å². The van der Waals surface area contributed by atoms with E-state index in [0.717, 1.165) is 6.07 Å². The molecule has 2 amide bonds. The average molecular weight is 354 g/mol. The number of carbonyl (C=O) groups is 3. The number of alkyl carbamates (subject to hydrolysis) is 1. The highest BCUT2D eigenvalue weighted by Gasteiger charge is 2.35. The third-order valence-corrected chi connectivity index (χ3v) is 3.22. The number of nitrogens with one attached hydrogen (secondary N) is 2. The molecule has 1 aliphatic rings. The maximum Gasteiger partial charge on any atom is 0.408 e. The number of halogens is 1. The molecule has 0 bridgehead atoms. The molecule has 0 saturated heterocycles. The Bertz CT molecular complexity index is 700. The highest BCUT2D eigenvalue weighted by Crippen LogP contribution is 2.33. The van der Waals surface area contributed by atoms with E-state index in [1.807, 2.05) is 0 Å². The number of anilines is 1. The fraction of sp³-hybridized carbons (Fsp3) is 0.438. The topological polar surface area (TPSA) is 114 Å². The predicted octanol–water partition coefficient (Wildman–Crippen LogP) is 1.89. The number of carboxylic acid groups (broad SMARTS) is 1. The van der Waals surface area contributed by atoms with Crippen LogP contribution in [0.3, 0.4) is 0 Å². The number of amides is 2. The van der Waals surface area contributed by atoms with Crippen LogP contribution in [-0.2, 0) is 14.3 Å². The molecule has 25 heavy (non-hydrogen) atoms. The van der Waals surface area contributed by atoms with Crippen molar-refractivity contribution in [2.45, 2.75) is 44.9 Å². The summed E-state index contributed by atoms with van der Waals surface area (Å²) in [6.45, 7) is 4.87. The van der Waals surface area contributed by atoms with Crippen molar-refractivity contribution in [3.05, 3.63) is 24.0 Å². The van der Waals surface area contributed by atoms with Crippen molar-refractivity contribution in [3.8, 4) is 5.75 Å². The second-order valence-electron chi connectivity index (χ2n) is 6.49. The number of ether oxygens (including phenoxy) is 2. The number of hydrogen-bond donors (Lipinski definition) is 3. The molecule has 1 unspecified atom stereocenters. The molecule has 3 N–H and O–H groups in total. The Hall–Kier alpha value is -2.84. The third-order valence-electron chi connectivity index (χ3n) is 3.22. The van der Waals surface area contributed by atoms with Gasteiger partial charge in [0.25, 0.3) is 5.91 Å². The molecule has 0 aliphatic carbocycles. The van der Waals surface area contributed by atoms with Crippen LogP contribution in [0.15, 0.2) is 18.2 Å². The van der Waals surface area contributed by atoms with Crippen LogP contribution in [0.25, 0.3) is 0 Å². The van der Waals surface area contributed by atoms with E-state index in [9.17, 15) is 23.9 Å². The number of benzene rings is 1. The summed E-state index contributed by atoms with van der Waals surface area (Å²) >= 11 is 0. The van der Waals surface area contributed by atoms with Gasteiger partial charge in [0.05, 0.1) is 5.69 Å². The highest BCUT2D eigenvalue weighted by atomic mass is 19.1. The summed E-state index contributed by atoms with van der Waals surface area (Å²) in [4.78, 5) is 35.2. The number of rotatable bonds is 4. The van der Waals surface area contributed by atoms with Gasteiger partial charge in [-0.05, 0) is 32.9 Å². The summed E-state index contributed by atoms with van der Waals surface area (Å²) in [6, 6.07) is 2.57. The molecule has 1 aromatic rings. The first-order chi connectivity index (χ1) is 11.6. The highest BCUT2D eigenvalue weighted by molar-refractivity contribution is 5.98. The quantitative estimate of drug-likeness (QED) is 0.761. The Kier molecular flexibility index (Phi) is 5.15. The summed E-state index contributed by atoms with van der Waals surface area (Å²) in [5.74, 6) is -2.86. The lowest BCUT2D eigenvalue weighted by Crippen LogP contribution is -2.49. The van der Waals surface area contributed by atoms with E-state index in [1.54, 1.807) is 20.8 Å². The first kappa shape index (κ1) is 18.5. The summed E-state index contributed by atoms with van der Waals surface area (Å²) in [5, 5.41) is 13.9. The summed E-state index contributed by atoms with van der Waals surface area (Å²) < 4.78 is 24.1. The van der Waals surface area contributed by atoms with Crippen molar-refractivity contribution in [1.82, 2.24) is 5.32 Å². The molecule has 1 aromatic carbocycles. The SMILES string of the molecule is CC(C)(C)OC(=O)NC(C[C@@H]1Oc2c(F)cccc2NC1=O)C(=O)O. The predicted molar refractivity (Wildman–Crippen MR) is 84.9 cm³/mol. The summed E-state index contributed by atoms with van der Waals surface area (Å²) in [6.07, 6.45) is -2.61. The second-order valence-corrected chi connectivity index (χ2v) is 6.49. The normalized spacial score (nSPS) is 17.6. The van der Waals surface area contributed by atoms with Crippen LogP contribution >= 0.6 is 0 Å². The van der Waals surface area contributed by atoms with E-state index in [0.29, 0.717) is 0 Å². The van der Waals surface area contributed by atoms with E-state index < -0.39 is 48.0 Å². The molecule has 2 atom stereocenters. The van der Waals surface area contributed by atoms with Gasteiger partial charge < -0.3 is 25.2 Å². The van der Waals surface area contributed by atoms with Gasteiger partial charge in [0.15, 0.2) is 17.7 Å². The average Bonchev–Trinajstić information content (AvgIpc) is 2.46. The van der Waals surface area contributed by atoms with Gasteiger partial charge in [-0.1, -0.05) is 6.07 Å². The van der Waals surface area contributed by atoms with E-state index in [4.69, 9.17) is 9.47 Å². The molecule has 0 radical (unpaired) electrons. The lowest BCUT2D eigenvalue weighted by atomic mass is 10.1. The van der Waals surface area contributed by atoms with Crippen molar-refractivity contribution in [1.29, 1.82) is 0 Å². The number of carboxylic acids is 1. The summed E-state index contributed by atoms with van der Waals surface area (Å²) in [5.41, 5.74) is -0.651. The smallest absolute Gasteiger partial charge is 0.408 e. The molecule has 0 spiro atoms. The molecule has 9 heteroatoms. The van der Waals surface area contributed by atoms with E-state index in [-0.39, 0.29) is 11.4 Å². The van der Waals surface area contributed by atoms with Gasteiger partial charge >= 0.3 is 12.1 Å². The molecule has 136 valence electrons. The molecule has 0 fully saturated rings. The van der Waals surface area contributed by atoms with Gasteiger partial charge in [0.1, 0.15) is 11.6 Å². The van der Waals surface area contributed by atoms with Crippen LogP contribution in [-0.4, -0.2) is 40.8 Å². The maximum atomic E-state index is 13.8. The van der Waals surface area contributed by atoms with Gasteiger partial charge in [-0.3, -0.25) is 4.79 Å². The van der Waals surface area contributed by atoms with E-state index >= 15 is 0 Å². The first-order valence-electron chi connectivity index (χ1n) is 7.55. The third kappa shape index (κ3) is 4.82. The van der Waals surface area contributed by atoms with Crippen molar-refractivity contribution in [2.75, 3.05) is 5.32 Å². The van der Waals surface area contributed by atoms with Crippen LogP contribution in [0, 0.1) is 5.82 Å². The maximum absolute atomic E-state index is 13.8. The Morgan fingerprint density at radius 1 is 1.44 bits per heavy atom. The molecule has 8 nitrogen and oxygen atoms in total. The van der Waals surface area contributed by atoms with Crippen molar-refractivity contribution >= 4 is 23.7 Å².